The number of carbonyl (C=O) groups is 2. The van der Waals surface area contributed by atoms with E-state index in [0.29, 0.717) is 39.0 Å². The Labute approximate surface area is 203 Å². The van der Waals surface area contributed by atoms with E-state index in [2.05, 4.69) is 0 Å². The van der Waals surface area contributed by atoms with E-state index in [0.717, 1.165) is 0 Å². The lowest BCUT2D eigenvalue weighted by Crippen LogP contribution is -2.39. The normalized spacial score (nSPS) is 11.3. The summed E-state index contributed by atoms with van der Waals surface area (Å²) in [7, 11) is 5.90. The fourth-order valence-electron chi connectivity index (χ4n) is 3.58. The number of carbonyl (C=O) groups excluding carboxylic acids is 2. The number of nitrogens with zero attached hydrogens (tertiary/aromatic N) is 1. The molecule has 0 saturated carbocycles. The van der Waals surface area contributed by atoms with E-state index >= 15 is 0 Å². The maximum Gasteiger partial charge on any atom is 0.333 e. The van der Waals surface area contributed by atoms with Crippen LogP contribution in [-0.2, 0) is 16.1 Å². The highest BCUT2D eigenvalue weighted by molar-refractivity contribution is 6.31. The molecule has 34 heavy (non-hydrogen) atoms. The number of esters is 1. The van der Waals surface area contributed by atoms with Crippen LogP contribution in [0.2, 0.25) is 5.02 Å². The van der Waals surface area contributed by atoms with Gasteiger partial charge in [-0.3, -0.25) is 4.79 Å². The molecule has 0 heterocycles. The second-order valence-corrected chi connectivity index (χ2v) is 7.69. The summed E-state index contributed by atoms with van der Waals surface area (Å²) in [5.74, 6) is 0.702. The third kappa shape index (κ3) is 5.43. The van der Waals surface area contributed by atoms with Crippen LogP contribution in [0.1, 0.15) is 27.5 Å². The summed E-state index contributed by atoms with van der Waals surface area (Å²) in [6, 6.07) is 17.7. The monoisotopic (exact) mass is 483 g/mol. The van der Waals surface area contributed by atoms with Crippen LogP contribution in [-0.4, -0.2) is 45.2 Å². The number of hydrogen-bond acceptors (Lipinski definition) is 6. The van der Waals surface area contributed by atoms with Gasteiger partial charge in [0.05, 0.1) is 35.0 Å². The van der Waals surface area contributed by atoms with Gasteiger partial charge in [-0.05, 0) is 42.5 Å². The van der Waals surface area contributed by atoms with Gasteiger partial charge in [-0.1, -0.05) is 29.8 Å². The fraction of sp³-hybridized carbons (Fsp3) is 0.231. The Bertz CT molecular complexity index is 1150. The van der Waals surface area contributed by atoms with Crippen LogP contribution in [0, 0.1) is 0 Å². The molecule has 7 nitrogen and oxygen atoms in total. The van der Waals surface area contributed by atoms with E-state index < -0.39 is 17.9 Å². The van der Waals surface area contributed by atoms with Crippen molar-refractivity contribution in [2.45, 2.75) is 12.6 Å². The molecule has 1 atom stereocenters. The Morgan fingerprint density at radius 2 is 1.50 bits per heavy atom. The second kappa shape index (κ2) is 11.4. The topological polar surface area (TPSA) is 74.3 Å². The molecular weight excluding hydrogens is 458 g/mol. The van der Waals surface area contributed by atoms with Gasteiger partial charge in [-0.15, -0.1) is 0 Å². The van der Waals surface area contributed by atoms with E-state index in [1.807, 2.05) is 0 Å². The van der Waals surface area contributed by atoms with E-state index in [-0.39, 0.29) is 6.54 Å². The molecular formula is C26H26ClNO6. The summed E-state index contributed by atoms with van der Waals surface area (Å²) in [5, 5.41) is 0.340. The molecule has 0 bridgehead atoms. The third-order valence-corrected chi connectivity index (χ3v) is 5.71. The average Bonchev–Trinajstić information content (AvgIpc) is 2.88. The molecule has 0 aliphatic heterocycles. The zero-order valence-corrected chi connectivity index (χ0v) is 20.2. The first-order valence-electron chi connectivity index (χ1n) is 10.4. The molecule has 0 aromatic heterocycles. The summed E-state index contributed by atoms with van der Waals surface area (Å²) in [6.07, 6.45) is 0. The van der Waals surface area contributed by atoms with Gasteiger partial charge < -0.3 is 23.8 Å². The van der Waals surface area contributed by atoms with Crippen molar-refractivity contribution in [3.05, 3.63) is 88.4 Å². The Morgan fingerprint density at radius 1 is 0.853 bits per heavy atom. The number of methoxy groups -OCH3 is 4. The average molecular weight is 484 g/mol. The van der Waals surface area contributed by atoms with Crippen LogP contribution in [0.3, 0.4) is 0 Å². The molecule has 1 unspecified atom stereocenters. The zero-order valence-electron chi connectivity index (χ0n) is 19.4. The third-order valence-electron chi connectivity index (χ3n) is 5.37. The maximum atomic E-state index is 13.8. The first-order chi connectivity index (χ1) is 16.4. The van der Waals surface area contributed by atoms with Gasteiger partial charge >= 0.3 is 5.97 Å². The zero-order chi connectivity index (χ0) is 24.7. The Balaban J connectivity index is 2.14. The van der Waals surface area contributed by atoms with Crippen LogP contribution in [0.4, 0.5) is 0 Å². The molecule has 0 radical (unpaired) electrons. The maximum absolute atomic E-state index is 13.8. The van der Waals surface area contributed by atoms with Gasteiger partial charge in [0, 0.05) is 27.8 Å². The van der Waals surface area contributed by atoms with Gasteiger partial charge in [0.15, 0.2) is 6.04 Å². The largest absolute Gasteiger partial charge is 0.497 e. The van der Waals surface area contributed by atoms with Crippen LogP contribution in [0.25, 0.3) is 0 Å². The number of rotatable bonds is 9. The number of hydrogen-bond donors (Lipinski definition) is 0. The second-order valence-electron chi connectivity index (χ2n) is 7.29. The molecule has 0 aliphatic rings. The van der Waals surface area contributed by atoms with E-state index in [1.165, 1.54) is 19.1 Å². The van der Waals surface area contributed by atoms with E-state index in [4.69, 9.17) is 30.5 Å². The molecule has 0 saturated heterocycles. The summed E-state index contributed by atoms with van der Waals surface area (Å²) in [5.41, 5.74) is 1.49. The van der Waals surface area contributed by atoms with E-state index in [9.17, 15) is 9.59 Å². The molecule has 3 aromatic carbocycles. The van der Waals surface area contributed by atoms with Crippen molar-refractivity contribution in [1.29, 1.82) is 0 Å². The Morgan fingerprint density at radius 3 is 2.09 bits per heavy atom. The van der Waals surface area contributed by atoms with Crippen molar-refractivity contribution in [3.8, 4) is 17.2 Å². The van der Waals surface area contributed by atoms with Gasteiger partial charge in [-0.25, -0.2) is 4.79 Å². The van der Waals surface area contributed by atoms with Crippen molar-refractivity contribution in [2.24, 2.45) is 0 Å². The van der Waals surface area contributed by atoms with Gasteiger partial charge in [-0.2, -0.15) is 0 Å². The number of ether oxygens (including phenoxy) is 4. The summed E-state index contributed by atoms with van der Waals surface area (Å²) in [6.45, 7) is 0.0447. The highest BCUT2D eigenvalue weighted by Gasteiger charge is 2.35. The van der Waals surface area contributed by atoms with Gasteiger partial charge in [0.2, 0.25) is 0 Å². The Kier molecular flexibility index (Phi) is 8.38. The predicted molar refractivity (Wildman–Crippen MR) is 129 cm³/mol. The molecule has 3 rings (SSSR count). The lowest BCUT2D eigenvalue weighted by Gasteiger charge is -2.31. The minimum absolute atomic E-state index is 0.0447. The van der Waals surface area contributed by atoms with Gasteiger partial charge in [0.1, 0.15) is 17.2 Å². The Hall–Kier alpha value is -3.71. The highest BCUT2D eigenvalue weighted by atomic mass is 35.5. The fourth-order valence-corrected chi connectivity index (χ4v) is 3.82. The van der Waals surface area contributed by atoms with Crippen molar-refractivity contribution < 1.29 is 28.5 Å². The standard InChI is InChI=1S/C26H26ClNO6/c1-31-19-12-9-17(10-13-19)25(29)28(16-18-11-14-20(32-2)15-23(18)33-3)24(26(30)34-4)21-7-5-6-8-22(21)27/h5-15,24H,16H2,1-4H3. The van der Waals surface area contributed by atoms with Crippen molar-refractivity contribution >= 4 is 23.5 Å². The quantitative estimate of drug-likeness (QED) is 0.402. The van der Waals surface area contributed by atoms with Crippen LogP contribution < -0.4 is 14.2 Å². The molecule has 0 spiro atoms. The predicted octanol–water partition coefficient (Wildman–Crippen LogP) is 4.92. The van der Waals surface area contributed by atoms with Crippen LogP contribution >= 0.6 is 11.6 Å². The molecule has 8 heteroatoms. The minimum atomic E-state index is -1.10. The lowest BCUT2D eigenvalue weighted by molar-refractivity contribution is -0.146. The first kappa shape index (κ1) is 24.9. The first-order valence-corrected chi connectivity index (χ1v) is 10.8. The van der Waals surface area contributed by atoms with Crippen LogP contribution in [0.15, 0.2) is 66.7 Å². The summed E-state index contributed by atoms with van der Waals surface area (Å²) < 4.78 is 21.1. The van der Waals surface area contributed by atoms with Gasteiger partial charge in [0.25, 0.3) is 5.91 Å². The minimum Gasteiger partial charge on any atom is -0.497 e. The van der Waals surface area contributed by atoms with Crippen molar-refractivity contribution in [3.63, 3.8) is 0 Å². The van der Waals surface area contributed by atoms with Crippen molar-refractivity contribution in [2.75, 3.05) is 28.4 Å². The molecule has 1 amide bonds. The number of amides is 1. The SMILES string of the molecule is COC(=O)C(c1ccccc1Cl)N(Cc1ccc(OC)cc1OC)C(=O)c1ccc(OC)cc1. The summed E-state index contributed by atoms with van der Waals surface area (Å²) >= 11 is 6.45. The smallest absolute Gasteiger partial charge is 0.333 e. The van der Waals surface area contributed by atoms with Crippen LogP contribution in [0.5, 0.6) is 17.2 Å². The highest BCUT2D eigenvalue weighted by Crippen LogP contribution is 2.34. The molecule has 0 fully saturated rings. The lowest BCUT2D eigenvalue weighted by atomic mass is 10.0. The molecule has 178 valence electrons. The number of halogens is 1. The molecule has 3 aromatic rings. The molecule has 0 N–H and O–H groups in total. The molecule has 0 aliphatic carbocycles. The van der Waals surface area contributed by atoms with E-state index in [1.54, 1.807) is 80.9 Å². The van der Waals surface area contributed by atoms with Crippen molar-refractivity contribution in [1.82, 2.24) is 4.90 Å². The number of benzene rings is 3. The summed E-state index contributed by atoms with van der Waals surface area (Å²) in [4.78, 5) is 28.2.